The minimum Gasteiger partial charge on any atom is -0.465 e. The van der Waals surface area contributed by atoms with Crippen LogP contribution in [0.1, 0.15) is 32.3 Å². The number of carbonyl (C=O) groups is 2. The van der Waals surface area contributed by atoms with Gasteiger partial charge in [0, 0.05) is 10.8 Å². The van der Waals surface area contributed by atoms with E-state index in [4.69, 9.17) is 4.74 Å². The Morgan fingerprint density at radius 2 is 1.82 bits per heavy atom. The van der Waals surface area contributed by atoms with Crippen LogP contribution in [-0.2, 0) is 14.3 Å². The number of Topliss-reactive ketones (excluding diaryl/α,β-unsaturated/α-hetero) is 1. The molecule has 0 saturated heterocycles. The quantitative estimate of drug-likeness (QED) is 0.319. The van der Waals surface area contributed by atoms with E-state index in [1.54, 1.807) is 51.1 Å². The number of nitro groups is 1. The molecule has 2 atom stereocenters. The summed E-state index contributed by atoms with van der Waals surface area (Å²) in [4.78, 5) is 35.2. The van der Waals surface area contributed by atoms with Crippen molar-refractivity contribution in [1.29, 1.82) is 0 Å². The van der Waals surface area contributed by atoms with Crippen molar-refractivity contribution in [2.45, 2.75) is 26.7 Å². The van der Waals surface area contributed by atoms with E-state index in [0.717, 1.165) is 0 Å². The lowest BCUT2D eigenvalue weighted by molar-refractivity contribution is -0.484. The first-order chi connectivity index (χ1) is 10.4. The molecular formula is C16H21NO5. The smallest absolute Gasteiger partial charge is 0.317 e. The van der Waals surface area contributed by atoms with E-state index >= 15 is 0 Å². The third-order valence-corrected chi connectivity index (χ3v) is 3.39. The van der Waals surface area contributed by atoms with Crippen molar-refractivity contribution >= 4 is 11.8 Å². The Morgan fingerprint density at radius 3 is 2.27 bits per heavy atom. The van der Waals surface area contributed by atoms with Gasteiger partial charge in [0.25, 0.3) is 0 Å². The predicted octanol–water partition coefficient (Wildman–Crippen LogP) is 2.45. The van der Waals surface area contributed by atoms with Crippen molar-refractivity contribution in [3.63, 3.8) is 0 Å². The molecule has 0 fully saturated rings. The normalized spacial score (nSPS) is 13.5. The summed E-state index contributed by atoms with van der Waals surface area (Å²) in [5.74, 6) is -3.43. The van der Waals surface area contributed by atoms with Crippen LogP contribution in [0.3, 0.4) is 0 Å². The van der Waals surface area contributed by atoms with Crippen LogP contribution >= 0.6 is 0 Å². The molecular weight excluding hydrogens is 286 g/mol. The molecule has 0 heterocycles. The molecule has 0 radical (unpaired) electrons. The maximum atomic E-state index is 12.4. The molecule has 0 saturated carbocycles. The first-order valence-corrected chi connectivity index (χ1v) is 7.25. The molecule has 0 bridgehead atoms. The van der Waals surface area contributed by atoms with Gasteiger partial charge in [-0.25, -0.2) is 0 Å². The summed E-state index contributed by atoms with van der Waals surface area (Å²) in [6.07, 6.45) is 0. The summed E-state index contributed by atoms with van der Waals surface area (Å²) in [6.45, 7) is 4.61. The zero-order valence-electron chi connectivity index (χ0n) is 13.0. The molecule has 0 amide bonds. The molecule has 0 aliphatic rings. The number of benzene rings is 1. The van der Waals surface area contributed by atoms with Gasteiger partial charge in [-0.1, -0.05) is 44.2 Å². The highest BCUT2D eigenvalue weighted by molar-refractivity contribution is 6.01. The fourth-order valence-electron chi connectivity index (χ4n) is 2.33. The van der Waals surface area contributed by atoms with Crippen LogP contribution < -0.4 is 0 Å². The third kappa shape index (κ3) is 4.65. The molecule has 0 spiro atoms. The molecule has 6 heteroatoms. The SMILES string of the molecule is CCOC(=O)C(C(=O)C(C)C)[C@H](C[N+](=O)[O-])c1ccccc1. The van der Waals surface area contributed by atoms with Crippen LogP contribution in [0.25, 0.3) is 0 Å². The predicted molar refractivity (Wildman–Crippen MR) is 81.0 cm³/mol. The molecule has 1 aromatic carbocycles. The second kappa shape index (κ2) is 8.26. The lowest BCUT2D eigenvalue weighted by Gasteiger charge is -2.23. The van der Waals surface area contributed by atoms with Crippen LogP contribution in [-0.4, -0.2) is 29.8 Å². The summed E-state index contributed by atoms with van der Waals surface area (Å²) in [7, 11) is 0. The Labute approximate surface area is 129 Å². The van der Waals surface area contributed by atoms with E-state index in [2.05, 4.69) is 0 Å². The zero-order chi connectivity index (χ0) is 16.7. The number of nitrogens with zero attached hydrogens (tertiary/aromatic N) is 1. The Kier molecular flexibility index (Phi) is 6.69. The van der Waals surface area contributed by atoms with Crippen LogP contribution in [0.2, 0.25) is 0 Å². The molecule has 22 heavy (non-hydrogen) atoms. The molecule has 1 aromatic rings. The number of hydrogen-bond donors (Lipinski definition) is 0. The molecule has 0 aliphatic carbocycles. The van der Waals surface area contributed by atoms with Crippen molar-refractivity contribution in [2.24, 2.45) is 11.8 Å². The molecule has 0 aromatic heterocycles. The zero-order valence-corrected chi connectivity index (χ0v) is 13.0. The number of hydrogen-bond acceptors (Lipinski definition) is 5. The molecule has 0 N–H and O–H groups in total. The Bertz CT molecular complexity index is 527. The van der Waals surface area contributed by atoms with Gasteiger partial charge < -0.3 is 4.74 Å². The monoisotopic (exact) mass is 307 g/mol. The van der Waals surface area contributed by atoms with E-state index < -0.39 is 35.2 Å². The number of esters is 1. The summed E-state index contributed by atoms with van der Waals surface area (Å²) in [5, 5.41) is 11.0. The first-order valence-electron chi connectivity index (χ1n) is 7.25. The van der Waals surface area contributed by atoms with Gasteiger partial charge in [-0.05, 0) is 12.5 Å². The first kappa shape index (κ1) is 17.8. The van der Waals surface area contributed by atoms with E-state index in [9.17, 15) is 19.7 Å². The minimum atomic E-state index is -1.16. The van der Waals surface area contributed by atoms with Gasteiger partial charge in [-0.3, -0.25) is 19.7 Å². The van der Waals surface area contributed by atoms with E-state index in [-0.39, 0.29) is 12.4 Å². The van der Waals surface area contributed by atoms with Crippen molar-refractivity contribution < 1.29 is 19.2 Å². The van der Waals surface area contributed by atoms with Crippen LogP contribution in [0.5, 0.6) is 0 Å². The van der Waals surface area contributed by atoms with Gasteiger partial charge >= 0.3 is 5.97 Å². The Balaban J connectivity index is 3.26. The highest BCUT2D eigenvalue weighted by Crippen LogP contribution is 2.29. The highest BCUT2D eigenvalue weighted by Gasteiger charge is 2.40. The van der Waals surface area contributed by atoms with Gasteiger partial charge in [0.2, 0.25) is 6.54 Å². The Hall–Kier alpha value is -2.24. The second-order valence-corrected chi connectivity index (χ2v) is 5.32. The van der Waals surface area contributed by atoms with Gasteiger partial charge in [0.05, 0.1) is 12.5 Å². The average Bonchev–Trinajstić information content (AvgIpc) is 2.47. The molecule has 1 unspecified atom stereocenters. The lowest BCUT2D eigenvalue weighted by atomic mass is 9.80. The largest absolute Gasteiger partial charge is 0.465 e. The summed E-state index contributed by atoms with van der Waals surface area (Å²) in [5.41, 5.74) is 0.589. The third-order valence-electron chi connectivity index (χ3n) is 3.39. The van der Waals surface area contributed by atoms with E-state index in [1.165, 1.54) is 0 Å². The maximum absolute atomic E-state index is 12.4. The number of ether oxygens (including phenoxy) is 1. The molecule has 1 rings (SSSR count). The fraction of sp³-hybridized carbons (Fsp3) is 0.500. The van der Waals surface area contributed by atoms with E-state index in [1.807, 2.05) is 0 Å². The number of carbonyl (C=O) groups excluding carboxylic acids is 2. The number of rotatable bonds is 8. The van der Waals surface area contributed by atoms with Gasteiger partial charge in [0.15, 0.2) is 5.78 Å². The minimum absolute atomic E-state index is 0.126. The van der Waals surface area contributed by atoms with Crippen molar-refractivity contribution in [2.75, 3.05) is 13.2 Å². The fourth-order valence-corrected chi connectivity index (χ4v) is 2.33. The lowest BCUT2D eigenvalue weighted by Crippen LogP contribution is -2.37. The molecule has 0 aliphatic heterocycles. The highest BCUT2D eigenvalue weighted by atomic mass is 16.6. The van der Waals surface area contributed by atoms with Crippen LogP contribution in [0.15, 0.2) is 30.3 Å². The standard InChI is InChI=1S/C16H21NO5/c1-4-22-16(19)14(15(18)11(2)3)13(10-17(20)21)12-8-6-5-7-9-12/h5-9,11,13-14H,4,10H2,1-3H3/t13-,14?/m1/s1. The van der Waals surface area contributed by atoms with Crippen molar-refractivity contribution in [3.8, 4) is 0 Å². The van der Waals surface area contributed by atoms with Gasteiger partial charge in [-0.2, -0.15) is 0 Å². The van der Waals surface area contributed by atoms with Gasteiger partial charge in [0.1, 0.15) is 5.92 Å². The topological polar surface area (TPSA) is 86.5 Å². The van der Waals surface area contributed by atoms with Crippen LogP contribution in [0.4, 0.5) is 0 Å². The molecule has 6 nitrogen and oxygen atoms in total. The number of ketones is 1. The average molecular weight is 307 g/mol. The maximum Gasteiger partial charge on any atom is 0.317 e. The summed E-state index contributed by atoms with van der Waals surface area (Å²) < 4.78 is 4.98. The van der Waals surface area contributed by atoms with Crippen molar-refractivity contribution in [3.05, 3.63) is 46.0 Å². The van der Waals surface area contributed by atoms with E-state index in [0.29, 0.717) is 5.56 Å². The molecule has 120 valence electrons. The van der Waals surface area contributed by atoms with Crippen LogP contribution in [0, 0.1) is 22.0 Å². The Morgan fingerprint density at radius 1 is 1.23 bits per heavy atom. The second-order valence-electron chi connectivity index (χ2n) is 5.32. The summed E-state index contributed by atoms with van der Waals surface area (Å²) >= 11 is 0. The summed E-state index contributed by atoms with van der Waals surface area (Å²) in [6, 6.07) is 8.60. The van der Waals surface area contributed by atoms with Gasteiger partial charge in [-0.15, -0.1) is 0 Å². The van der Waals surface area contributed by atoms with Crippen molar-refractivity contribution in [1.82, 2.24) is 0 Å².